The third-order valence-corrected chi connectivity index (χ3v) is 4.50. The minimum absolute atomic E-state index is 0.293. The van der Waals surface area contributed by atoms with Gasteiger partial charge in [-0.3, -0.25) is 0 Å². The normalized spacial score (nSPS) is 9.92. The molecule has 0 radical (unpaired) electrons. The molecule has 0 aromatic carbocycles. The van der Waals surface area contributed by atoms with E-state index < -0.39 is 0 Å². The van der Waals surface area contributed by atoms with E-state index in [4.69, 9.17) is 16.9 Å². The van der Waals surface area contributed by atoms with Crippen molar-refractivity contribution in [1.29, 1.82) is 5.26 Å². The Hall–Kier alpha value is 0.500. The minimum Gasteiger partial charge on any atom is -0.313 e. The van der Waals surface area contributed by atoms with Crippen molar-refractivity contribution < 1.29 is 0 Å². The molecule has 12 heavy (non-hydrogen) atoms. The highest BCUT2D eigenvalue weighted by atomic mass is 79.9. The van der Waals surface area contributed by atoms with E-state index in [0.717, 1.165) is 9.08 Å². The molecule has 0 saturated carbocycles. The summed E-state index contributed by atoms with van der Waals surface area (Å²) in [6, 6.07) is 2.35. The number of halogens is 4. The fourth-order valence-electron chi connectivity index (χ4n) is 0.733. The molecule has 0 spiro atoms. The molecule has 6 heteroatoms. The summed E-state index contributed by atoms with van der Waals surface area (Å²) in [7, 11) is 0. The lowest BCUT2D eigenvalue weighted by Gasteiger charge is -1.98. The van der Waals surface area contributed by atoms with Crippen LogP contribution in [0.4, 0.5) is 0 Å². The number of nitrogens with zero attached hydrogens (tertiary/aromatic N) is 2. The lowest BCUT2D eigenvalue weighted by atomic mass is 10.4. The molecule has 0 bridgehead atoms. The summed E-state index contributed by atoms with van der Waals surface area (Å²) in [4.78, 5) is 0. The highest BCUT2D eigenvalue weighted by Gasteiger charge is 2.16. The number of rotatable bonds is 1. The van der Waals surface area contributed by atoms with Crippen LogP contribution in [0, 0.1) is 11.3 Å². The van der Waals surface area contributed by atoms with Gasteiger partial charge in [0.1, 0.15) is 15.3 Å². The first-order chi connectivity index (χ1) is 5.63. The zero-order valence-corrected chi connectivity index (χ0v) is 11.1. The van der Waals surface area contributed by atoms with Crippen molar-refractivity contribution in [3.05, 3.63) is 19.2 Å². The molecule has 0 saturated heterocycles. The Morgan fingerprint density at radius 3 is 2.17 bits per heavy atom. The predicted molar refractivity (Wildman–Crippen MR) is 58.1 cm³/mol. The van der Waals surface area contributed by atoms with Crippen molar-refractivity contribution in [2.45, 2.75) is 6.00 Å². The fraction of sp³-hybridized carbons (Fsp3) is 0.167. The van der Waals surface area contributed by atoms with E-state index in [-0.39, 0.29) is 0 Å². The lowest BCUT2D eigenvalue weighted by molar-refractivity contribution is 0.843. The predicted octanol–water partition coefficient (Wildman–Crippen LogP) is 3.84. The standard InChI is InChI=1S/C6H2Br3ClN2/c7-4-3(1-11)5(8)12(2-10)6(4)9/h2H2. The largest absolute Gasteiger partial charge is 0.313 e. The topological polar surface area (TPSA) is 28.7 Å². The van der Waals surface area contributed by atoms with Crippen molar-refractivity contribution in [3.8, 4) is 6.07 Å². The molecule has 1 rings (SSSR count). The van der Waals surface area contributed by atoms with Crippen LogP contribution in [0.15, 0.2) is 13.7 Å². The van der Waals surface area contributed by atoms with E-state index in [0.29, 0.717) is 16.2 Å². The Bertz CT molecular complexity index is 353. The van der Waals surface area contributed by atoms with E-state index in [9.17, 15) is 0 Å². The van der Waals surface area contributed by atoms with Gasteiger partial charge in [0.05, 0.1) is 16.0 Å². The molecule has 1 heterocycles. The van der Waals surface area contributed by atoms with Gasteiger partial charge in [0.25, 0.3) is 0 Å². The monoisotopic (exact) mass is 374 g/mol. The van der Waals surface area contributed by atoms with Crippen molar-refractivity contribution in [1.82, 2.24) is 4.57 Å². The number of hydrogen-bond acceptors (Lipinski definition) is 1. The molecule has 0 atom stereocenters. The van der Waals surface area contributed by atoms with Gasteiger partial charge >= 0.3 is 0 Å². The van der Waals surface area contributed by atoms with Crippen LogP contribution in [0.25, 0.3) is 0 Å². The minimum atomic E-state index is 0.293. The quantitative estimate of drug-likeness (QED) is 0.684. The summed E-state index contributed by atoms with van der Waals surface area (Å²) in [5.74, 6) is 0. The van der Waals surface area contributed by atoms with Gasteiger partial charge in [0, 0.05) is 0 Å². The van der Waals surface area contributed by atoms with Crippen LogP contribution in [-0.2, 0) is 6.00 Å². The second-order valence-corrected chi connectivity index (χ2v) is 4.46. The average Bonchev–Trinajstić information content (AvgIpc) is 2.25. The summed E-state index contributed by atoms with van der Waals surface area (Å²) in [5, 5.41) is 8.75. The summed E-state index contributed by atoms with van der Waals surface area (Å²) >= 11 is 15.5. The Morgan fingerprint density at radius 1 is 1.33 bits per heavy atom. The zero-order valence-electron chi connectivity index (χ0n) is 5.61. The van der Waals surface area contributed by atoms with E-state index in [1.807, 2.05) is 0 Å². The Labute approximate surface area is 99.9 Å². The molecule has 0 N–H and O–H groups in total. The summed E-state index contributed by atoms with van der Waals surface area (Å²) in [5.41, 5.74) is 0.544. The van der Waals surface area contributed by atoms with Crippen molar-refractivity contribution in [2.75, 3.05) is 0 Å². The van der Waals surface area contributed by atoms with Gasteiger partial charge in [-0.1, -0.05) is 0 Å². The molecule has 0 aliphatic heterocycles. The van der Waals surface area contributed by atoms with E-state index >= 15 is 0 Å². The van der Waals surface area contributed by atoms with E-state index in [1.54, 1.807) is 4.57 Å². The first-order valence-corrected chi connectivity index (χ1v) is 5.73. The molecule has 1 aromatic rings. The molecular weight excluding hydrogens is 375 g/mol. The third kappa shape index (κ3) is 1.58. The number of hydrogen-bond donors (Lipinski definition) is 0. The number of aromatic nitrogens is 1. The molecule has 0 aliphatic rings. The molecule has 0 aliphatic carbocycles. The van der Waals surface area contributed by atoms with E-state index in [2.05, 4.69) is 53.9 Å². The Kier molecular flexibility index (Phi) is 3.65. The van der Waals surface area contributed by atoms with Gasteiger partial charge in [-0.05, 0) is 47.8 Å². The molecule has 1 aromatic heterocycles. The number of nitriles is 1. The van der Waals surface area contributed by atoms with Crippen molar-refractivity contribution in [2.24, 2.45) is 0 Å². The number of alkyl halides is 1. The average molecular weight is 377 g/mol. The fourth-order valence-corrected chi connectivity index (χ4v) is 3.35. The second kappa shape index (κ2) is 4.14. The third-order valence-electron chi connectivity index (χ3n) is 1.31. The van der Waals surface area contributed by atoms with Crippen LogP contribution < -0.4 is 0 Å². The molecular formula is C6H2Br3ClN2. The van der Waals surface area contributed by atoms with Gasteiger partial charge in [-0.15, -0.1) is 11.6 Å². The molecule has 2 nitrogen and oxygen atoms in total. The van der Waals surface area contributed by atoms with Gasteiger partial charge in [-0.2, -0.15) is 5.26 Å². The summed E-state index contributed by atoms with van der Waals surface area (Å²) in [6.07, 6.45) is 0. The maximum Gasteiger partial charge on any atom is 0.106 e. The van der Waals surface area contributed by atoms with Gasteiger partial charge < -0.3 is 4.57 Å². The Morgan fingerprint density at radius 2 is 1.92 bits per heavy atom. The summed E-state index contributed by atoms with van der Waals surface area (Å²) < 4.78 is 3.89. The van der Waals surface area contributed by atoms with Crippen LogP contribution in [0.2, 0.25) is 0 Å². The van der Waals surface area contributed by atoms with Crippen LogP contribution >= 0.6 is 59.4 Å². The van der Waals surface area contributed by atoms with Crippen molar-refractivity contribution >= 4 is 59.4 Å². The highest BCUT2D eigenvalue weighted by Crippen LogP contribution is 2.35. The molecule has 0 fully saturated rings. The maximum atomic E-state index is 8.75. The van der Waals surface area contributed by atoms with Gasteiger partial charge in [0.2, 0.25) is 0 Å². The van der Waals surface area contributed by atoms with Crippen molar-refractivity contribution in [3.63, 3.8) is 0 Å². The smallest absolute Gasteiger partial charge is 0.106 e. The first kappa shape index (κ1) is 10.6. The Balaban J connectivity index is 3.45. The maximum absolute atomic E-state index is 8.75. The van der Waals surface area contributed by atoms with Crippen LogP contribution in [0.5, 0.6) is 0 Å². The first-order valence-electron chi connectivity index (χ1n) is 2.82. The van der Waals surface area contributed by atoms with Crippen LogP contribution in [0.1, 0.15) is 5.56 Å². The highest BCUT2D eigenvalue weighted by molar-refractivity contribution is 9.13. The lowest BCUT2D eigenvalue weighted by Crippen LogP contribution is -1.91. The van der Waals surface area contributed by atoms with Gasteiger partial charge in [0.15, 0.2) is 0 Å². The summed E-state index contributed by atoms with van der Waals surface area (Å²) in [6.45, 7) is 0. The second-order valence-electron chi connectivity index (χ2n) is 1.93. The van der Waals surface area contributed by atoms with Crippen LogP contribution in [0.3, 0.4) is 0 Å². The van der Waals surface area contributed by atoms with E-state index in [1.165, 1.54) is 0 Å². The SMILES string of the molecule is N#Cc1c(Br)c(Br)n(CCl)c1Br. The molecule has 0 amide bonds. The molecule has 0 unspecified atom stereocenters. The molecule has 64 valence electrons. The van der Waals surface area contributed by atoms with Gasteiger partial charge in [-0.25, -0.2) is 0 Å². The zero-order chi connectivity index (χ0) is 9.30. The van der Waals surface area contributed by atoms with Crippen LogP contribution in [-0.4, -0.2) is 4.57 Å².